The van der Waals surface area contributed by atoms with Crippen LogP contribution in [0.2, 0.25) is 0 Å². The number of nitrogens with zero attached hydrogens (tertiary/aromatic N) is 1. The molecule has 1 unspecified atom stereocenters. The van der Waals surface area contributed by atoms with Crippen LogP contribution in [0.3, 0.4) is 0 Å². The summed E-state index contributed by atoms with van der Waals surface area (Å²) in [5, 5.41) is 3.52. The number of rotatable bonds is 5. The lowest BCUT2D eigenvalue weighted by atomic mass is 10.1. The van der Waals surface area contributed by atoms with E-state index in [1.54, 1.807) is 0 Å². The molecule has 0 spiro atoms. The SMILES string of the molecule is CC(C)N(CCC1NCCC1=S)C1CCCC1. The van der Waals surface area contributed by atoms with Crippen LogP contribution in [-0.4, -0.2) is 41.0 Å². The maximum Gasteiger partial charge on any atom is 0.0396 e. The summed E-state index contributed by atoms with van der Waals surface area (Å²) < 4.78 is 0. The van der Waals surface area contributed by atoms with Crippen molar-refractivity contribution in [3.8, 4) is 0 Å². The molecule has 2 nitrogen and oxygen atoms in total. The Bertz CT molecular complexity index is 259. The maximum atomic E-state index is 5.41. The van der Waals surface area contributed by atoms with Gasteiger partial charge < -0.3 is 5.32 Å². The lowest BCUT2D eigenvalue weighted by molar-refractivity contribution is 0.151. The number of hydrogen-bond acceptors (Lipinski definition) is 3. The molecule has 2 aliphatic rings. The van der Waals surface area contributed by atoms with Crippen LogP contribution in [0.5, 0.6) is 0 Å². The molecule has 1 saturated heterocycles. The van der Waals surface area contributed by atoms with Gasteiger partial charge in [-0.1, -0.05) is 25.1 Å². The van der Waals surface area contributed by atoms with Gasteiger partial charge in [0.2, 0.25) is 0 Å². The molecule has 0 amide bonds. The molecule has 1 atom stereocenters. The average molecular weight is 254 g/mol. The third-order valence-electron chi connectivity index (χ3n) is 4.28. The van der Waals surface area contributed by atoms with Gasteiger partial charge in [0.05, 0.1) is 0 Å². The van der Waals surface area contributed by atoms with Gasteiger partial charge in [0.15, 0.2) is 0 Å². The van der Waals surface area contributed by atoms with E-state index in [4.69, 9.17) is 12.2 Å². The smallest absolute Gasteiger partial charge is 0.0396 e. The molecular formula is C14H26N2S. The summed E-state index contributed by atoms with van der Waals surface area (Å²) in [6.07, 6.45) is 7.96. The molecule has 3 heteroatoms. The third-order valence-corrected chi connectivity index (χ3v) is 4.77. The Balaban J connectivity index is 1.82. The van der Waals surface area contributed by atoms with Crippen molar-refractivity contribution >= 4 is 17.1 Å². The Labute approximate surface area is 111 Å². The first-order chi connectivity index (χ1) is 8.18. The molecule has 1 aliphatic carbocycles. The first-order valence-corrected chi connectivity index (χ1v) is 7.61. The quantitative estimate of drug-likeness (QED) is 0.760. The van der Waals surface area contributed by atoms with Gasteiger partial charge in [-0.25, -0.2) is 0 Å². The van der Waals surface area contributed by atoms with Crippen molar-refractivity contribution in [1.29, 1.82) is 0 Å². The maximum absolute atomic E-state index is 5.41. The van der Waals surface area contributed by atoms with Gasteiger partial charge in [-0.2, -0.15) is 0 Å². The van der Waals surface area contributed by atoms with Crippen molar-refractivity contribution in [3.63, 3.8) is 0 Å². The summed E-state index contributed by atoms with van der Waals surface area (Å²) >= 11 is 5.41. The molecule has 2 rings (SSSR count). The van der Waals surface area contributed by atoms with E-state index < -0.39 is 0 Å². The summed E-state index contributed by atoms with van der Waals surface area (Å²) in [5.74, 6) is 0. The molecule has 2 fully saturated rings. The first-order valence-electron chi connectivity index (χ1n) is 7.20. The van der Waals surface area contributed by atoms with Crippen molar-refractivity contribution in [2.45, 2.75) is 70.5 Å². The molecule has 1 heterocycles. The predicted molar refractivity (Wildman–Crippen MR) is 77.7 cm³/mol. The second-order valence-electron chi connectivity index (χ2n) is 5.78. The number of hydrogen-bond donors (Lipinski definition) is 1. The largest absolute Gasteiger partial charge is 0.309 e. The second-order valence-corrected chi connectivity index (χ2v) is 6.31. The minimum atomic E-state index is 0.507. The van der Waals surface area contributed by atoms with E-state index in [0.717, 1.165) is 19.0 Å². The Morgan fingerprint density at radius 1 is 1.35 bits per heavy atom. The van der Waals surface area contributed by atoms with Crippen LogP contribution in [0.1, 0.15) is 52.4 Å². The highest BCUT2D eigenvalue weighted by Gasteiger charge is 2.26. The molecule has 0 aromatic rings. The van der Waals surface area contributed by atoms with Gasteiger partial charge in [-0.3, -0.25) is 4.90 Å². The Hall–Kier alpha value is 0.01000. The summed E-state index contributed by atoms with van der Waals surface area (Å²) in [7, 11) is 0. The van der Waals surface area contributed by atoms with Crippen LogP contribution in [0, 0.1) is 0 Å². The molecule has 17 heavy (non-hydrogen) atoms. The molecule has 0 aromatic carbocycles. The van der Waals surface area contributed by atoms with Crippen LogP contribution >= 0.6 is 12.2 Å². The van der Waals surface area contributed by atoms with E-state index in [9.17, 15) is 0 Å². The van der Waals surface area contributed by atoms with Crippen molar-refractivity contribution < 1.29 is 0 Å². The van der Waals surface area contributed by atoms with Crippen molar-refractivity contribution in [2.75, 3.05) is 13.1 Å². The minimum Gasteiger partial charge on any atom is -0.309 e. The molecule has 98 valence electrons. The van der Waals surface area contributed by atoms with E-state index in [0.29, 0.717) is 12.1 Å². The zero-order valence-electron chi connectivity index (χ0n) is 11.2. The van der Waals surface area contributed by atoms with Crippen molar-refractivity contribution in [3.05, 3.63) is 0 Å². The van der Waals surface area contributed by atoms with Gasteiger partial charge in [-0.05, 0) is 39.5 Å². The number of nitrogens with one attached hydrogen (secondary N) is 1. The molecule has 1 saturated carbocycles. The summed E-state index contributed by atoms with van der Waals surface area (Å²) in [5.41, 5.74) is 0. The zero-order chi connectivity index (χ0) is 12.3. The predicted octanol–water partition coefficient (Wildman–Crippen LogP) is 2.76. The summed E-state index contributed by atoms with van der Waals surface area (Å²) in [6.45, 7) is 6.96. The van der Waals surface area contributed by atoms with Crippen molar-refractivity contribution in [1.82, 2.24) is 10.2 Å². The highest BCUT2D eigenvalue weighted by molar-refractivity contribution is 7.80. The van der Waals surface area contributed by atoms with Crippen LogP contribution in [0.15, 0.2) is 0 Å². The molecule has 0 radical (unpaired) electrons. The Morgan fingerprint density at radius 2 is 2.06 bits per heavy atom. The van der Waals surface area contributed by atoms with E-state index in [-0.39, 0.29) is 0 Å². The fraction of sp³-hybridized carbons (Fsp3) is 0.929. The molecular weight excluding hydrogens is 228 g/mol. The Morgan fingerprint density at radius 3 is 2.59 bits per heavy atom. The second kappa shape index (κ2) is 6.26. The minimum absolute atomic E-state index is 0.507. The van der Waals surface area contributed by atoms with E-state index >= 15 is 0 Å². The van der Waals surface area contributed by atoms with Gasteiger partial charge in [0.25, 0.3) is 0 Å². The highest BCUT2D eigenvalue weighted by atomic mass is 32.1. The number of thiocarbonyl (C=S) groups is 1. The monoisotopic (exact) mass is 254 g/mol. The zero-order valence-corrected chi connectivity index (χ0v) is 12.1. The van der Waals surface area contributed by atoms with E-state index in [2.05, 4.69) is 24.1 Å². The fourth-order valence-corrected chi connectivity index (χ4v) is 3.60. The standard InChI is InChI=1S/C14H26N2S/c1-11(2)16(12-5-3-4-6-12)10-8-13-14(17)7-9-15-13/h11-13,15H,3-10H2,1-2H3. The van der Waals surface area contributed by atoms with Crippen LogP contribution in [0.4, 0.5) is 0 Å². The Kier molecular flexibility index (Phi) is 4.95. The van der Waals surface area contributed by atoms with E-state index in [1.165, 1.54) is 43.5 Å². The molecule has 1 aliphatic heterocycles. The van der Waals surface area contributed by atoms with Gasteiger partial charge in [-0.15, -0.1) is 0 Å². The van der Waals surface area contributed by atoms with Crippen LogP contribution in [0.25, 0.3) is 0 Å². The third kappa shape index (κ3) is 3.49. The summed E-state index contributed by atoms with van der Waals surface area (Å²) in [6, 6.07) is 2.02. The molecule has 0 bridgehead atoms. The first kappa shape index (κ1) is 13.4. The topological polar surface area (TPSA) is 15.3 Å². The lowest BCUT2D eigenvalue weighted by Crippen LogP contribution is -2.42. The molecule has 0 aromatic heterocycles. The van der Waals surface area contributed by atoms with Crippen molar-refractivity contribution in [2.24, 2.45) is 0 Å². The fourth-order valence-electron chi connectivity index (χ4n) is 3.30. The normalized spacial score (nSPS) is 26.6. The van der Waals surface area contributed by atoms with E-state index in [1.807, 2.05) is 0 Å². The average Bonchev–Trinajstić information content (AvgIpc) is 2.91. The van der Waals surface area contributed by atoms with Gasteiger partial charge >= 0.3 is 0 Å². The van der Waals surface area contributed by atoms with Crippen LogP contribution < -0.4 is 5.32 Å². The van der Waals surface area contributed by atoms with Crippen LogP contribution in [-0.2, 0) is 0 Å². The lowest BCUT2D eigenvalue weighted by Gasteiger charge is -2.33. The summed E-state index contributed by atoms with van der Waals surface area (Å²) in [4.78, 5) is 3.95. The molecule has 1 N–H and O–H groups in total. The van der Waals surface area contributed by atoms with Gasteiger partial charge in [0, 0.05) is 36.1 Å². The highest BCUT2D eigenvalue weighted by Crippen LogP contribution is 2.25. The van der Waals surface area contributed by atoms with Gasteiger partial charge in [0.1, 0.15) is 0 Å².